The lowest BCUT2D eigenvalue weighted by atomic mass is 10.1. The van der Waals surface area contributed by atoms with Crippen molar-refractivity contribution in [2.45, 2.75) is 58.4 Å². The second-order valence-corrected chi connectivity index (χ2v) is 6.44. The first-order valence-corrected chi connectivity index (χ1v) is 8.51. The highest BCUT2D eigenvalue weighted by Crippen LogP contribution is 2.22. The molecule has 0 amide bonds. The fourth-order valence-electron chi connectivity index (χ4n) is 3.04. The van der Waals surface area contributed by atoms with E-state index in [9.17, 15) is 0 Å². The average Bonchev–Trinajstić information content (AvgIpc) is 2.80. The monoisotopic (exact) mass is 311 g/mol. The van der Waals surface area contributed by atoms with Gasteiger partial charge < -0.3 is 10.6 Å². The Kier molecular flexibility index (Phi) is 5.05. The predicted octanol–water partition coefficient (Wildman–Crippen LogP) is 4.37. The van der Waals surface area contributed by atoms with Gasteiger partial charge in [-0.05, 0) is 43.9 Å². The number of aromatic nitrogens is 3. The molecule has 1 heterocycles. The smallest absolute Gasteiger partial charge is 0.244 e. The summed E-state index contributed by atoms with van der Waals surface area (Å²) in [5, 5.41) is 15.0. The van der Waals surface area contributed by atoms with E-state index in [0.29, 0.717) is 12.0 Å². The second kappa shape index (κ2) is 7.40. The first-order valence-electron chi connectivity index (χ1n) is 8.51. The maximum Gasteiger partial charge on any atom is 0.244 e. The third kappa shape index (κ3) is 4.41. The van der Waals surface area contributed by atoms with Crippen LogP contribution in [0.15, 0.2) is 24.4 Å². The molecule has 5 heteroatoms. The third-order valence-electron chi connectivity index (χ3n) is 4.40. The lowest BCUT2D eigenvalue weighted by molar-refractivity contribution is 0.613. The molecule has 2 aromatic rings. The van der Waals surface area contributed by atoms with Crippen molar-refractivity contribution in [3.63, 3.8) is 0 Å². The summed E-state index contributed by atoms with van der Waals surface area (Å²) in [5.74, 6) is 1.34. The quantitative estimate of drug-likeness (QED) is 0.821. The van der Waals surface area contributed by atoms with E-state index in [1.807, 2.05) is 0 Å². The van der Waals surface area contributed by atoms with E-state index in [-0.39, 0.29) is 0 Å². The molecule has 5 nitrogen and oxygen atoms in total. The Morgan fingerprint density at radius 1 is 1.04 bits per heavy atom. The van der Waals surface area contributed by atoms with Crippen molar-refractivity contribution in [3.8, 4) is 0 Å². The van der Waals surface area contributed by atoms with Crippen molar-refractivity contribution >= 4 is 17.5 Å². The number of benzene rings is 1. The summed E-state index contributed by atoms with van der Waals surface area (Å²) in [7, 11) is 0. The van der Waals surface area contributed by atoms with Crippen LogP contribution in [0.3, 0.4) is 0 Å². The van der Waals surface area contributed by atoms with Gasteiger partial charge in [0.15, 0.2) is 5.82 Å². The van der Waals surface area contributed by atoms with Crippen LogP contribution in [0.1, 0.15) is 49.7 Å². The lowest BCUT2D eigenvalue weighted by Gasteiger charge is -2.16. The first-order chi connectivity index (χ1) is 11.2. The number of aryl methyl sites for hydroxylation is 2. The van der Waals surface area contributed by atoms with E-state index in [1.165, 1.54) is 49.7 Å². The molecule has 0 saturated heterocycles. The molecule has 0 aliphatic heterocycles. The van der Waals surface area contributed by atoms with Crippen LogP contribution in [0, 0.1) is 13.8 Å². The topological polar surface area (TPSA) is 62.7 Å². The molecule has 0 atom stereocenters. The van der Waals surface area contributed by atoms with Crippen molar-refractivity contribution in [2.24, 2.45) is 0 Å². The predicted molar refractivity (Wildman–Crippen MR) is 94.1 cm³/mol. The van der Waals surface area contributed by atoms with Gasteiger partial charge in [-0.2, -0.15) is 10.1 Å². The van der Waals surface area contributed by atoms with E-state index in [2.05, 4.69) is 57.9 Å². The van der Waals surface area contributed by atoms with Gasteiger partial charge in [0, 0.05) is 11.7 Å². The van der Waals surface area contributed by atoms with Gasteiger partial charge in [-0.1, -0.05) is 37.8 Å². The largest absolute Gasteiger partial charge is 0.350 e. The van der Waals surface area contributed by atoms with Gasteiger partial charge >= 0.3 is 0 Å². The minimum atomic E-state index is 0.468. The molecule has 1 aliphatic rings. The van der Waals surface area contributed by atoms with Gasteiger partial charge in [0.2, 0.25) is 5.95 Å². The summed E-state index contributed by atoms with van der Waals surface area (Å²) in [6.45, 7) is 4.17. The molecule has 1 aliphatic carbocycles. The van der Waals surface area contributed by atoms with Gasteiger partial charge in [0.05, 0.1) is 6.20 Å². The molecule has 0 spiro atoms. The van der Waals surface area contributed by atoms with Gasteiger partial charge in [-0.15, -0.1) is 5.10 Å². The van der Waals surface area contributed by atoms with E-state index in [4.69, 9.17) is 0 Å². The average molecular weight is 311 g/mol. The number of nitrogens with zero attached hydrogens (tertiary/aromatic N) is 3. The Balaban J connectivity index is 1.70. The molecule has 1 aromatic heterocycles. The van der Waals surface area contributed by atoms with E-state index < -0.39 is 0 Å². The fraction of sp³-hybridized carbons (Fsp3) is 0.500. The molecule has 1 fully saturated rings. The van der Waals surface area contributed by atoms with Gasteiger partial charge in [0.25, 0.3) is 0 Å². The van der Waals surface area contributed by atoms with Crippen molar-refractivity contribution in [1.29, 1.82) is 0 Å². The summed E-state index contributed by atoms with van der Waals surface area (Å²) in [5.41, 5.74) is 3.47. The molecule has 23 heavy (non-hydrogen) atoms. The highest BCUT2D eigenvalue weighted by molar-refractivity contribution is 5.61. The minimum Gasteiger partial charge on any atom is -0.350 e. The van der Waals surface area contributed by atoms with Crippen LogP contribution in [0.4, 0.5) is 17.5 Å². The molecule has 2 N–H and O–H groups in total. The van der Waals surface area contributed by atoms with Crippen molar-refractivity contribution in [1.82, 2.24) is 15.2 Å². The van der Waals surface area contributed by atoms with E-state index in [0.717, 1.165) is 11.5 Å². The normalized spacial score (nSPS) is 15.9. The van der Waals surface area contributed by atoms with Crippen molar-refractivity contribution in [3.05, 3.63) is 35.5 Å². The minimum absolute atomic E-state index is 0.468. The van der Waals surface area contributed by atoms with Gasteiger partial charge in [-0.25, -0.2) is 0 Å². The maximum atomic E-state index is 4.57. The summed E-state index contributed by atoms with van der Waals surface area (Å²) in [6, 6.07) is 6.81. The zero-order chi connectivity index (χ0) is 16.1. The van der Waals surface area contributed by atoms with Crippen molar-refractivity contribution in [2.75, 3.05) is 10.6 Å². The lowest BCUT2D eigenvalue weighted by Crippen LogP contribution is -2.20. The number of rotatable bonds is 4. The molecule has 0 unspecified atom stereocenters. The Morgan fingerprint density at radius 2 is 1.83 bits per heavy atom. The molecule has 1 saturated carbocycles. The SMILES string of the molecule is Cc1ccc(C)c(Nc2cnnc(NC3CCCCCC3)n2)c1. The molecule has 3 rings (SSSR count). The molecular weight excluding hydrogens is 286 g/mol. The third-order valence-corrected chi connectivity index (χ3v) is 4.40. The molecule has 1 aromatic carbocycles. The van der Waals surface area contributed by atoms with Crippen molar-refractivity contribution < 1.29 is 0 Å². The number of hydrogen-bond acceptors (Lipinski definition) is 5. The first kappa shape index (κ1) is 15.7. The number of nitrogens with one attached hydrogen (secondary N) is 2. The Morgan fingerprint density at radius 3 is 2.61 bits per heavy atom. The Bertz CT molecular complexity index is 648. The summed E-state index contributed by atoms with van der Waals surface area (Å²) in [6.07, 6.45) is 9.30. The molecule has 122 valence electrons. The number of hydrogen-bond donors (Lipinski definition) is 2. The maximum absolute atomic E-state index is 4.57. The second-order valence-electron chi connectivity index (χ2n) is 6.44. The van der Waals surface area contributed by atoms with Crippen LogP contribution >= 0.6 is 0 Å². The van der Waals surface area contributed by atoms with Crippen LogP contribution in [0.5, 0.6) is 0 Å². The highest BCUT2D eigenvalue weighted by Gasteiger charge is 2.13. The van der Waals surface area contributed by atoms with Gasteiger partial charge in [0.1, 0.15) is 0 Å². The zero-order valence-corrected chi connectivity index (χ0v) is 14.0. The van der Waals surface area contributed by atoms with E-state index >= 15 is 0 Å². The highest BCUT2D eigenvalue weighted by atomic mass is 15.3. The Hall–Kier alpha value is -2.17. The van der Waals surface area contributed by atoms with E-state index in [1.54, 1.807) is 6.20 Å². The van der Waals surface area contributed by atoms with Crippen LogP contribution in [0.2, 0.25) is 0 Å². The molecule has 0 radical (unpaired) electrons. The van der Waals surface area contributed by atoms with Crippen LogP contribution in [-0.4, -0.2) is 21.2 Å². The number of anilines is 3. The zero-order valence-electron chi connectivity index (χ0n) is 14.0. The molecular formula is C18H25N5. The van der Waals surface area contributed by atoms with Gasteiger partial charge in [-0.3, -0.25) is 0 Å². The standard InChI is InChI=1S/C18H25N5/c1-13-9-10-14(2)16(11-13)21-17-12-19-23-18(22-17)20-15-7-5-3-4-6-8-15/h9-12,15H,3-8H2,1-2H3,(H2,20,21,22,23). The summed E-state index contributed by atoms with van der Waals surface area (Å²) < 4.78 is 0. The summed E-state index contributed by atoms with van der Waals surface area (Å²) in [4.78, 5) is 4.57. The summed E-state index contributed by atoms with van der Waals surface area (Å²) >= 11 is 0. The fourth-order valence-corrected chi connectivity index (χ4v) is 3.04. The molecule has 0 bridgehead atoms. The van der Waals surface area contributed by atoms with Crippen LogP contribution in [-0.2, 0) is 0 Å². The van der Waals surface area contributed by atoms with Crippen LogP contribution < -0.4 is 10.6 Å². The van der Waals surface area contributed by atoms with Crippen LogP contribution in [0.25, 0.3) is 0 Å². The Labute approximate surface area is 137 Å².